The first kappa shape index (κ1) is 16.3. The molecule has 3 fully saturated rings. The Kier molecular flexibility index (Phi) is 3.62. The number of hydrogen-bond acceptors (Lipinski definition) is 4. The number of halogens is 1. The number of aromatic nitrogens is 3. The van der Waals surface area contributed by atoms with E-state index >= 15 is 0 Å². The summed E-state index contributed by atoms with van der Waals surface area (Å²) < 4.78 is 1.77. The molecule has 0 radical (unpaired) electrons. The van der Waals surface area contributed by atoms with E-state index < -0.39 is 0 Å². The summed E-state index contributed by atoms with van der Waals surface area (Å²) in [7, 11) is 2.13. The van der Waals surface area contributed by atoms with Gasteiger partial charge in [-0.15, -0.1) is 5.10 Å². The lowest BCUT2D eigenvalue weighted by atomic mass is 9.79. The molecule has 3 heterocycles. The van der Waals surface area contributed by atoms with Crippen molar-refractivity contribution in [3.63, 3.8) is 0 Å². The van der Waals surface area contributed by atoms with Gasteiger partial charge < -0.3 is 9.80 Å². The smallest absolute Gasteiger partial charge is 0.293 e. The molecule has 26 heavy (non-hydrogen) atoms. The van der Waals surface area contributed by atoms with Crippen LogP contribution in [0.2, 0.25) is 5.02 Å². The van der Waals surface area contributed by atoms with Gasteiger partial charge in [-0.05, 0) is 38.4 Å². The molecule has 2 aromatic rings. The number of amides is 1. The number of rotatable bonds is 3. The minimum Gasteiger partial charge on any atom is -0.335 e. The average Bonchev–Trinajstić information content (AvgIpc) is 3.20. The van der Waals surface area contributed by atoms with Crippen LogP contribution in [0.25, 0.3) is 5.69 Å². The van der Waals surface area contributed by atoms with Crippen LogP contribution in [0.1, 0.15) is 41.6 Å². The van der Waals surface area contributed by atoms with E-state index in [1.54, 1.807) is 4.68 Å². The first-order valence-corrected chi connectivity index (χ1v) is 9.62. The lowest BCUT2D eigenvalue weighted by Crippen LogP contribution is -2.55. The molecule has 0 unspecified atom stereocenters. The normalized spacial score (nSPS) is 22.0. The minimum atomic E-state index is -0.0517. The zero-order valence-corrected chi connectivity index (χ0v) is 15.6. The SMILES string of the molecule is CN1CC2(CCN(C(=O)c3nc(C4CC4)n(-c4ccccc4Cl)n3)C2)C1. The topological polar surface area (TPSA) is 54.3 Å². The van der Waals surface area contributed by atoms with Gasteiger partial charge in [-0.3, -0.25) is 4.79 Å². The highest BCUT2D eigenvalue weighted by Crippen LogP contribution is 2.41. The Hall–Kier alpha value is -1.92. The minimum absolute atomic E-state index is 0.0517. The van der Waals surface area contributed by atoms with Crippen molar-refractivity contribution < 1.29 is 4.79 Å². The predicted octanol–water partition coefficient (Wildman–Crippen LogP) is 2.58. The van der Waals surface area contributed by atoms with Gasteiger partial charge in [0.15, 0.2) is 0 Å². The van der Waals surface area contributed by atoms with E-state index in [2.05, 4.69) is 22.0 Å². The summed E-state index contributed by atoms with van der Waals surface area (Å²) in [6.07, 6.45) is 3.26. The molecular formula is C19H22ClN5O. The van der Waals surface area contributed by atoms with Crippen LogP contribution in [0.3, 0.4) is 0 Å². The van der Waals surface area contributed by atoms with Crippen LogP contribution in [0.5, 0.6) is 0 Å². The molecule has 136 valence electrons. The van der Waals surface area contributed by atoms with Crippen molar-refractivity contribution in [1.82, 2.24) is 24.6 Å². The lowest BCUT2D eigenvalue weighted by molar-refractivity contribution is 0.0291. The van der Waals surface area contributed by atoms with Gasteiger partial charge in [-0.25, -0.2) is 9.67 Å². The van der Waals surface area contributed by atoms with Crippen LogP contribution >= 0.6 is 11.6 Å². The van der Waals surface area contributed by atoms with Gasteiger partial charge >= 0.3 is 0 Å². The van der Waals surface area contributed by atoms with E-state index in [-0.39, 0.29) is 11.3 Å². The maximum atomic E-state index is 13.0. The van der Waals surface area contributed by atoms with Gasteiger partial charge in [0.1, 0.15) is 5.82 Å². The Morgan fingerprint density at radius 2 is 2.00 bits per heavy atom. The second kappa shape index (κ2) is 5.79. The van der Waals surface area contributed by atoms with Gasteiger partial charge in [0.25, 0.3) is 5.91 Å². The van der Waals surface area contributed by atoms with Crippen LogP contribution in [-0.2, 0) is 0 Å². The summed E-state index contributed by atoms with van der Waals surface area (Å²) in [5.41, 5.74) is 1.08. The van der Waals surface area contributed by atoms with Gasteiger partial charge in [0.2, 0.25) is 5.82 Å². The van der Waals surface area contributed by atoms with Gasteiger partial charge in [0.05, 0.1) is 10.7 Å². The first-order chi connectivity index (χ1) is 12.5. The molecule has 0 atom stereocenters. The summed E-state index contributed by atoms with van der Waals surface area (Å²) in [4.78, 5) is 21.9. The van der Waals surface area contributed by atoms with Crippen molar-refractivity contribution in [1.29, 1.82) is 0 Å². The second-order valence-corrected chi connectivity index (χ2v) is 8.49. The molecule has 1 amide bonds. The number of likely N-dealkylation sites (tertiary alicyclic amines) is 2. The molecule has 1 spiro atoms. The fourth-order valence-electron chi connectivity index (χ4n) is 4.43. The summed E-state index contributed by atoms with van der Waals surface area (Å²) in [5, 5.41) is 5.19. The number of nitrogens with zero attached hydrogens (tertiary/aromatic N) is 5. The summed E-state index contributed by atoms with van der Waals surface area (Å²) in [6, 6.07) is 7.59. The van der Waals surface area contributed by atoms with Crippen molar-refractivity contribution in [3.05, 3.63) is 40.9 Å². The Morgan fingerprint density at radius 3 is 2.69 bits per heavy atom. The van der Waals surface area contributed by atoms with E-state index in [0.29, 0.717) is 16.8 Å². The lowest BCUT2D eigenvalue weighted by Gasteiger charge is -2.46. The molecule has 5 rings (SSSR count). The Balaban J connectivity index is 1.44. The van der Waals surface area contributed by atoms with Gasteiger partial charge in [-0.2, -0.15) is 0 Å². The number of carbonyl (C=O) groups is 1. The number of carbonyl (C=O) groups excluding carboxylic acids is 1. The van der Waals surface area contributed by atoms with Crippen LogP contribution in [0.15, 0.2) is 24.3 Å². The van der Waals surface area contributed by atoms with Crippen LogP contribution in [-0.4, -0.2) is 63.7 Å². The zero-order chi connectivity index (χ0) is 17.9. The Bertz CT molecular complexity index is 869. The number of para-hydroxylation sites is 1. The summed E-state index contributed by atoms with van der Waals surface area (Å²) >= 11 is 6.36. The van der Waals surface area contributed by atoms with E-state index in [9.17, 15) is 4.79 Å². The highest BCUT2D eigenvalue weighted by Gasteiger charge is 2.48. The molecule has 2 saturated heterocycles. The first-order valence-electron chi connectivity index (χ1n) is 9.24. The van der Waals surface area contributed by atoms with Crippen LogP contribution in [0.4, 0.5) is 0 Å². The number of hydrogen-bond donors (Lipinski definition) is 0. The monoisotopic (exact) mass is 371 g/mol. The van der Waals surface area contributed by atoms with Crippen molar-refractivity contribution in [2.24, 2.45) is 5.41 Å². The molecule has 1 saturated carbocycles. The fourth-order valence-corrected chi connectivity index (χ4v) is 4.64. The van der Waals surface area contributed by atoms with Crippen molar-refractivity contribution in [3.8, 4) is 5.69 Å². The van der Waals surface area contributed by atoms with Crippen LogP contribution < -0.4 is 0 Å². The average molecular weight is 372 g/mol. The molecule has 1 aromatic carbocycles. The summed E-state index contributed by atoms with van der Waals surface area (Å²) in [6.45, 7) is 3.76. The Labute approximate surface area is 157 Å². The largest absolute Gasteiger partial charge is 0.335 e. The highest BCUT2D eigenvalue weighted by atomic mass is 35.5. The quantitative estimate of drug-likeness (QED) is 0.832. The van der Waals surface area contributed by atoms with Gasteiger partial charge in [0, 0.05) is 37.5 Å². The zero-order valence-electron chi connectivity index (χ0n) is 14.9. The number of benzene rings is 1. The van der Waals surface area contributed by atoms with Crippen molar-refractivity contribution in [2.75, 3.05) is 33.2 Å². The molecule has 6 nitrogen and oxygen atoms in total. The van der Waals surface area contributed by atoms with Crippen molar-refractivity contribution >= 4 is 17.5 Å². The van der Waals surface area contributed by atoms with Crippen molar-refractivity contribution in [2.45, 2.75) is 25.2 Å². The molecule has 3 aliphatic rings. The van der Waals surface area contributed by atoms with E-state index in [0.717, 1.165) is 57.0 Å². The Morgan fingerprint density at radius 1 is 1.23 bits per heavy atom. The molecule has 1 aromatic heterocycles. The highest BCUT2D eigenvalue weighted by molar-refractivity contribution is 6.32. The van der Waals surface area contributed by atoms with E-state index in [1.165, 1.54) is 0 Å². The predicted molar refractivity (Wildman–Crippen MR) is 98.8 cm³/mol. The maximum Gasteiger partial charge on any atom is 0.293 e. The van der Waals surface area contributed by atoms with E-state index in [4.69, 9.17) is 11.6 Å². The molecule has 0 N–H and O–H groups in total. The molecule has 0 bridgehead atoms. The third-order valence-corrected chi connectivity index (χ3v) is 6.10. The third-order valence-electron chi connectivity index (χ3n) is 5.78. The van der Waals surface area contributed by atoms with Crippen LogP contribution in [0, 0.1) is 5.41 Å². The molecular weight excluding hydrogens is 350 g/mol. The fraction of sp³-hybridized carbons (Fsp3) is 0.526. The summed E-state index contributed by atoms with van der Waals surface area (Å²) in [5.74, 6) is 1.49. The molecule has 2 aliphatic heterocycles. The second-order valence-electron chi connectivity index (χ2n) is 8.08. The van der Waals surface area contributed by atoms with Gasteiger partial charge in [-0.1, -0.05) is 23.7 Å². The third kappa shape index (κ3) is 2.63. The molecule has 7 heteroatoms. The maximum absolute atomic E-state index is 13.0. The van der Waals surface area contributed by atoms with E-state index in [1.807, 2.05) is 29.2 Å². The molecule has 1 aliphatic carbocycles. The standard InChI is InChI=1S/C19H22ClN5O/c1-23-10-19(11-23)8-9-24(12-19)18(26)16-21-17(13-6-7-13)25(22-16)15-5-3-2-4-14(15)20/h2-5,13H,6-12H2,1H3.